The molecule has 0 saturated heterocycles. The van der Waals surface area contributed by atoms with Crippen LogP contribution in [0.25, 0.3) is 0 Å². The molecule has 3 atom stereocenters. The summed E-state index contributed by atoms with van der Waals surface area (Å²) in [6.45, 7) is 4.27. The zero-order valence-corrected chi connectivity index (χ0v) is 21.3. The zero-order chi connectivity index (χ0) is 26.4. The van der Waals surface area contributed by atoms with Gasteiger partial charge in [-0.2, -0.15) is 0 Å². The van der Waals surface area contributed by atoms with E-state index in [4.69, 9.17) is 4.74 Å². The average Bonchev–Trinajstić information content (AvgIpc) is 2.94. The quantitative estimate of drug-likeness (QED) is 0.546. The van der Waals surface area contributed by atoms with Crippen LogP contribution in [0.15, 0.2) is 72.9 Å². The summed E-state index contributed by atoms with van der Waals surface area (Å²) in [5, 5.41) is 9.86. The Morgan fingerprint density at radius 1 is 1.14 bits per heavy atom. The molecule has 2 aromatic carbocycles. The van der Waals surface area contributed by atoms with E-state index in [0.717, 1.165) is 5.56 Å². The fourth-order valence-corrected chi connectivity index (χ4v) is 4.21. The lowest BCUT2D eigenvalue weighted by molar-refractivity contribution is 0.0313. The second-order valence-corrected chi connectivity index (χ2v) is 9.37. The van der Waals surface area contributed by atoms with Crippen LogP contribution in [-0.2, 0) is 0 Å². The second kappa shape index (κ2) is 11.7. The largest absolute Gasteiger partial charge is 0.472 e. The van der Waals surface area contributed by atoms with Gasteiger partial charge < -0.3 is 19.6 Å². The Bertz CT molecular complexity index is 1300. The molecule has 7 nitrogen and oxygen atoms in total. The van der Waals surface area contributed by atoms with Crippen LogP contribution in [0, 0.1) is 17.8 Å². The Morgan fingerprint density at radius 2 is 1.78 bits per heavy atom. The number of ether oxygens (including phenoxy) is 1. The fourth-order valence-electron chi connectivity index (χ4n) is 4.21. The highest BCUT2D eigenvalue weighted by molar-refractivity contribution is 5.97. The molecule has 0 saturated carbocycles. The highest BCUT2D eigenvalue weighted by Crippen LogP contribution is 2.27. The number of hydrogen-bond donors (Lipinski definition) is 1. The third kappa shape index (κ3) is 6.16. The molecule has 1 N–H and O–H groups in total. The van der Waals surface area contributed by atoms with Gasteiger partial charge in [0.1, 0.15) is 11.7 Å². The summed E-state index contributed by atoms with van der Waals surface area (Å²) in [5.41, 5.74) is 2.31. The first-order valence-electron chi connectivity index (χ1n) is 12.3. The van der Waals surface area contributed by atoms with Gasteiger partial charge in [-0.25, -0.2) is 4.98 Å². The van der Waals surface area contributed by atoms with Crippen LogP contribution >= 0.6 is 0 Å². The van der Waals surface area contributed by atoms with Crippen molar-refractivity contribution in [2.75, 3.05) is 26.7 Å². The molecule has 190 valence electrons. The predicted octanol–water partition coefficient (Wildman–Crippen LogP) is 3.47. The van der Waals surface area contributed by atoms with E-state index in [-0.39, 0.29) is 35.8 Å². The Labute approximate surface area is 217 Å². The summed E-state index contributed by atoms with van der Waals surface area (Å²) in [6, 6.07) is 19.9. The van der Waals surface area contributed by atoms with Gasteiger partial charge in [-0.05, 0) is 37.3 Å². The van der Waals surface area contributed by atoms with Gasteiger partial charge in [0.15, 0.2) is 0 Å². The molecule has 1 aliphatic rings. The van der Waals surface area contributed by atoms with E-state index in [2.05, 4.69) is 16.8 Å². The highest BCUT2D eigenvalue weighted by atomic mass is 16.5. The minimum atomic E-state index is -0.424. The fraction of sp³-hybridized carbons (Fsp3) is 0.300. The Kier molecular flexibility index (Phi) is 8.22. The van der Waals surface area contributed by atoms with Crippen molar-refractivity contribution >= 4 is 11.8 Å². The number of hydrogen-bond acceptors (Lipinski definition) is 5. The number of fused-ring (bicyclic) bond motifs is 1. The molecule has 0 fully saturated rings. The number of aliphatic hydroxyl groups excluding tert-OH is 1. The first kappa shape index (κ1) is 25.9. The zero-order valence-electron chi connectivity index (χ0n) is 21.3. The van der Waals surface area contributed by atoms with Crippen molar-refractivity contribution in [2.45, 2.75) is 26.0 Å². The molecule has 2 heterocycles. The van der Waals surface area contributed by atoms with Crippen LogP contribution in [0.4, 0.5) is 0 Å². The maximum Gasteiger partial charge on any atom is 0.259 e. The summed E-state index contributed by atoms with van der Waals surface area (Å²) >= 11 is 0. The SMILES string of the molecule is C[C@H]1CN([C@@H](C)CO)C(=O)c2cc(C#Cc3ccccc3)cnc2O[C@H]1CN(C)C(=O)c1ccccc1. The highest BCUT2D eigenvalue weighted by Gasteiger charge is 2.34. The molecule has 4 rings (SSSR count). The molecule has 3 aromatic rings. The van der Waals surface area contributed by atoms with Crippen molar-refractivity contribution in [3.05, 3.63) is 95.2 Å². The lowest BCUT2D eigenvalue weighted by Gasteiger charge is -2.37. The lowest BCUT2D eigenvalue weighted by Crippen LogP contribution is -2.50. The molecular formula is C30H31N3O4. The molecule has 1 aromatic heterocycles. The van der Waals surface area contributed by atoms with Crippen LogP contribution in [0.3, 0.4) is 0 Å². The Balaban J connectivity index is 1.65. The van der Waals surface area contributed by atoms with Crippen LogP contribution in [0.2, 0.25) is 0 Å². The van der Waals surface area contributed by atoms with Crippen molar-refractivity contribution in [1.82, 2.24) is 14.8 Å². The summed E-state index contributed by atoms with van der Waals surface area (Å²) < 4.78 is 6.29. The molecular weight excluding hydrogens is 466 g/mol. The van der Waals surface area contributed by atoms with Gasteiger partial charge in [0.25, 0.3) is 11.8 Å². The van der Waals surface area contributed by atoms with E-state index in [9.17, 15) is 14.7 Å². The number of rotatable bonds is 5. The molecule has 0 aliphatic carbocycles. The van der Waals surface area contributed by atoms with Gasteiger partial charge in [-0.3, -0.25) is 9.59 Å². The number of carbonyl (C=O) groups excluding carboxylic acids is 2. The number of amides is 2. The van der Waals surface area contributed by atoms with Gasteiger partial charge in [0.05, 0.1) is 19.2 Å². The molecule has 37 heavy (non-hydrogen) atoms. The van der Waals surface area contributed by atoms with Crippen LogP contribution in [0.1, 0.15) is 45.7 Å². The number of benzene rings is 2. The van der Waals surface area contributed by atoms with Crippen molar-refractivity contribution in [3.8, 4) is 17.7 Å². The first-order chi connectivity index (χ1) is 17.9. The predicted molar refractivity (Wildman–Crippen MR) is 141 cm³/mol. The number of pyridine rings is 1. The van der Waals surface area contributed by atoms with Gasteiger partial charge in [0.2, 0.25) is 5.88 Å². The number of carbonyl (C=O) groups is 2. The topological polar surface area (TPSA) is 83.0 Å². The second-order valence-electron chi connectivity index (χ2n) is 9.37. The lowest BCUT2D eigenvalue weighted by atomic mass is 9.99. The summed E-state index contributed by atoms with van der Waals surface area (Å²) in [5.74, 6) is 5.84. The van der Waals surface area contributed by atoms with E-state index < -0.39 is 12.1 Å². The molecule has 7 heteroatoms. The van der Waals surface area contributed by atoms with Crippen LogP contribution < -0.4 is 4.74 Å². The third-order valence-electron chi connectivity index (χ3n) is 6.47. The average molecular weight is 498 g/mol. The summed E-state index contributed by atoms with van der Waals surface area (Å²) in [7, 11) is 1.74. The number of aromatic nitrogens is 1. The third-order valence-corrected chi connectivity index (χ3v) is 6.47. The van der Waals surface area contributed by atoms with Crippen molar-refractivity contribution in [1.29, 1.82) is 0 Å². The van der Waals surface area contributed by atoms with Crippen molar-refractivity contribution in [3.63, 3.8) is 0 Å². The number of nitrogens with zero attached hydrogens (tertiary/aromatic N) is 3. The normalized spacial score (nSPS) is 17.8. The minimum Gasteiger partial charge on any atom is -0.472 e. The molecule has 2 amide bonds. The first-order valence-corrected chi connectivity index (χ1v) is 12.3. The minimum absolute atomic E-state index is 0.116. The Morgan fingerprint density at radius 3 is 2.46 bits per heavy atom. The standard InChI is InChI=1S/C30H31N3O4/c1-21-18-33(22(2)20-34)30(36)26-16-24(15-14-23-10-6-4-7-11-23)17-31-28(26)37-27(21)19-32(3)29(35)25-12-8-5-9-13-25/h4-13,16-17,21-22,27,34H,18-20H2,1-3H3/t21-,22-,27-/m0/s1. The van der Waals surface area contributed by atoms with E-state index in [1.165, 1.54) is 0 Å². The van der Waals surface area contributed by atoms with Gasteiger partial charge >= 0.3 is 0 Å². The summed E-state index contributed by atoms with van der Waals surface area (Å²) in [4.78, 5) is 34.3. The van der Waals surface area contributed by atoms with Crippen LogP contribution in [0.5, 0.6) is 5.88 Å². The molecule has 0 spiro atoms. The van der Waals surface area contributed by atoms with Crippen LogP contribution in [-0.4, -0.2) is 70.6 Å². The van der Waals surface area contributed by atoms with Gasteiger partial charge in [-0.1, -0.05) is 55.2 Å². The van der Waals surface area contributed by atoms with Gasteiger partial charge in [-0.15, -0.1) is 0 Å². The van der Waals surface area contributed by atoms with E-state index in [1.54, 1.807) is 48.2 Å². The number of aliphatic hydroxyl groups is 1. The number of likely N-dealkylation sites (N-methyl/N-ethyl adjacent to an activating group) is 1. The van der Waals surface area contributed by atoms with E-state index in [0.29, 0.717) is 24.2 Å². The smallest absolute Gasteiger partial charge is 0.259 e. The molecule has 1 aliphatic heterocycles. The van der Waals surface area contributed by atoms with Gasteiger partial charge in [0, 0.05) is 42.4 Å². The molecule has 0 unspecified atom stereocenters. The maximum absolute atomic E-state index is 13.6. The van der Waals surface area contributed by atoms with Crippen molar-refractivity contribution < 1.29 is 19.4 Å². The van der Waals surface area contributed by atoms with Crippen molar-refractivity contribution in [2.24, 2.45) is 5.92 Å². The monoisotopic (exact) mass is 497 g/mol. The Hall–Kier alpha value is -4.15. The van der Waals surface area contributed by atoms with E-state index in [1.807, 2.05) is 55.5 Å². The molecule has 0 radical (unpaired) electrons. The molecule has 0 bridgehead atoms. The van der Waals surface area contributed by atoms with E-state index >= 15 is 0 Å². The summed E-state index contributed by atoms with van der Waals surface area (Å²) in [6.07, 6.45) is 1.16. The maximum atomic E-state index is 13.6.